The number of H-pyrrole nitrogens is 1. The number of nitro benzene ring substituents is 1. The summed E-state index contributed by atoms with van der Waals surface area (Å²) in [5, 5.41) is 19.5. The maximum atomic E-state index is 14.1. The highest BCUT2D eigenvalue weighted by molar-refractivity contribution is 7.90. The summed E-state index contributed by atoms with van der Waals surface area (Å²) in [6.45, 7) is 12.0. The minimum Gasteiger partial charge on any atom is -0.455 e. The van der Waals surface area contributed by atoms with Crippen LogP contribution in [-0.4, -0.2) is 127 Å². The van der Waals surface area contributed by atoms with E-state index in [9.17, 15) is 37.7 Å². The standard InChI is InChI=1S/C64H69ClN10O9S/c1-64(2)24-20-47(54(37-64)44-10-12-48(65)13-11-44)40-72-29-31-73(32-30-72)49-14-16-52(58(35-49)84-50-34-45-21-25-66-60(45)68-39-50)61(77)70-85(82,83)51-15-17-55(57(36-51)75(80)81)67-38-43-22-27-71(28-23-43)26-6-4-3-5-7-42-8-9-46-41-74(63(79)53(46)33-42)56-18-19-59(76)69-62(56)78/h8-17,21,25,33-36,39,43,56,67H,3-4,6,18-20,22-24,26-32,37-38,40-41H2,1-2H3,(H,66,68)(H,70,77)(H,69,76,78). The van der Waals surface area contributed by atoms with Crippen LogP contribution in [0.2, 0.25) is 5.02 Å². The fraction of sp³-hybridized carbons (Fsp3) is 0.391. The first-order valence-electron chi connectivity index (χ1n) is 29.2. The van der Waals surface area contributed by atoms with Crippen LogP contribution in [-0.2, 0) is 26.2 Å². The SMILES string of the molecule is CC1(C)CCC(CN2CCN(c3ccc(C(=O)NS(=O)(=O)c4ccc(NCC5CCN(CCCCC#Cc6ccc7c(c6)C(=O)N(C6CCC(=O)NC6=O)C7)CC5)c([N+](=O)[O-])c4)c(Oc4cnc5[nH]ccc5c4)c3)CC2)=C(c2ccc(Cl)cc2)C1. The molecule has 4 aliphatic heterocycles. The van der Waals surface area contributed by atoms with E-state index in [0.29, 0.717) is 56.0 Å². The van der Waals surface area contributed by atoms with Crippen LogP contribution in [0.5, 0.6) is 11.5 Å². The molecule has 3 saturated heterocycles. The monoisotopic (exact) mass is 1190 g/mol. The van der Waals surface area contributed by atoms with Gasteiger partial charge in [0, 0.05) is 104 Å². The molecule has 19 nitrogen and oxygen atoms in total. The number of sulfonamides is 1. The average Bonchev–Trinajstić information content (AvgIpc) is 3.11. The van der Waals surface area contributed by atoms with E-state index in [0.717, 1.165) is 118 Å². The maximum absolute atomic E-state index is 14.1. The number of fused-ring (bicyclic) bond motifs is 2. The highest BCUT2D eigenvalue weighted by Gasteiger charge is 2.39. The molecule has 6 heterocycles. The molecule has 0 saturated carbocycles. The summed E-state index contributed by atoms with van der Waals surface area (Å²) < 4.78 is 36.5. The summed E-state index contributed by atoms with van der Waals surface area (Å²) >= 11 is 6.27. The molecule has 21 heteroatoms. The van der Waals surface area contributed by atoms with Crippen molar-refractivity contribution in [3.05, 3.63) is 152 Å². The number of anilines is 2. The summed E-state index contributed by atoms with van der Waals surface area (Å²) in [7, 11) is -4.62. The number of piperidine rings is 2. The van der Waals surface area contributed by atoms with Gasteiger partial charge in [-0.1, -0.05) is 61.1 Å². The fourth-order valence-corrected chi connectivity index (χ4v) is 13.3. The minimum atomic E-state index is -4.62. The smallest absolute Gasteiger partial charge is 0.293 e. The fourth-order valence-electron chi connectivity index (χ4n) is 12.2. The molecular weight excluding hydrogens is 1120 g/mol. The van der Waals surface area contributed by atoms with Crippen molar-refractivity contribution in [2.75, 3.05) is 69.1 Å². The number of piperazine rings is 1. The topological polar surface area (TPSA) is 233 Å². The number of allylic oxidation sites excluding steroid dienone is 1. The Hall–Kier alpha value is -8.09. The van der Waals surface area contributed by atoms with Gasteiger partial charge in [-0.3, -0.25) is 39.5 Å². The first kappa shape index (κ1) is 58.7. The number of ether oxygens (including phenoxy) is 1. The number of pyridine rings is 1. The van der Waals surface area contributed by atoms with Crippen LogP contribution in [0.4, 0.5) is 17.1 Å². The summed E-state index contributed by atoms with van der Waals surface area (Å²) in [5.74, 6) is 5.15. The Kier molecular flexibility index (Phi) is 17.4. The number of nitrogens with one attached hydrogen (secondary N) is 4. The largest absolute Gasteiger partial charge is 0.455 e. The summed E-state index contributed by atoms with van der Waals surface area (Å²) in [6, 6.07) is 25.3. The summed E-state index contributed by atoms with van der Waals surface area (Å²) in [4.78, 5) is 78.9. The van der Waals surface area contributed by atoms with Crippen LogP contribution in [0.3, 0.4) is 0 Å². The molecule has 3 fully saturated rings. The van der Waals surface area contributed by atoms with E-state index < -0.39 is 43.4 Å². The van der Waals surface area contributed by atoms with Gasteiger partial charge in [0.2, 0.25) is 11.8 Å². The van der Waals surface area contributed by atoms with E-state index in [2.05, 4.69) is 77.8 Å². The van der Waals surface area contributed by atoms with E-state index in [1.165, 1.54) is 39.9 Å². The first-order valence-corrected chi connectivity index (χ1v) is 31.1. The molecule has 0 radical (unpaired) electrons. The van der Waals surface area contributed by atoms with Gasteiger partial charge in [-0.2, -0.15) is 0 Å². The van der Waals surface area contributed by atoms with Crippen molar-refractivity contribution < 1.29 is 37.3 Å². The van der Waals surface area contributed by atoms with Crippen LogP contribution in [0, 0.1) is 33.3 Å². The van der Waals surface area contributed by atoms with Crippen molar-refractivity contribution in [3.8, 4) is 23.3 Å². The number of aromatic amines is 1. The van der Waals surface area contributed by atoms with Gasteiger partial charge in [0.05, 0.1) is 21.6 Å². The molecule has 442 valence electrons. The Morgan fingerprint density at radius 3 is 2.48 bits per heavy atom. The number of amides is 4. The van der Waals surface area contributed by atoms with E-state index in [-0.39, 0.29) is 46.6 Å². The van der Waals surface area contributed by atoms with Gasteiger partial charge in [-0.15, -0.1) is 0 Å². The molecule has 1 unspecified atom stereocenters. The van der Waals surface area contributed by atoms with Crippen molar-refractivity contribution in [1.82, 2.24) is 34.7 Å². The number of hydrogen-bond donors (Lipinski definition) is 4. The zero-order valence-corrected chi connectivity index (χ0v) is 49.3. The van der Waals surface area contributed by atoms with E-state index in [4.69, 9.17) is 16.3 Å². The highest BCUT2D eigenvalue weighted by atomic mass is 35.5. The maximum Gasteiger partial charge on any atom is 0.293 e. The second-order valence-corrected chi connectivity index (χ2v) is 25.7. The number of likely N-dealkylation sites (tertiary alicyclic amines) is 1. The van der Waals surface area contributed by atoms with Gasteiger partial charge in [0.1, 0.15) is 28.9 Å². The van der Waals surface area contributed by atoms with Crippen LogP contribution in [0.15, 0.2) is 114 Å². The molecule has 6 aromatic rings. The number of halogens is 1. The average molecular weight is 1190 g/mol. The first-order chi connectivity index (χ1) is 40.9. The predicted octanol–water partition coefficient (Wildman–Crippen LogP) is 9.93. The Labute approximate surface area is 499 Å². The molecule has 0 spiro atoms. The number of unbranched alkanes of at least 4 members (excludes halogenated alkanes) is 2. The van der Waals surface area contributed by atoms with Crippen molar-refractivity contribution in [1.29, 1.82) is 0 Å². The number of imide groups is 1. The van der Waals surface area contributed by atoms with Gasteiger partial charge in [0.25, 0.3) is 27.5 Å². The third-order valence-corrected chi connectivity index (χ3v) is 18.7. The van der Waals surface area contributed by atoms with E-state index in [1.807, 2.05) is 30.3 Å². The molecule has 4 amide bonds. The lowest BCUT2D eigenvalue weighted by Crippen LogP contribution is -2.52. The van der Waals surface area contributed by atoms with Crippen molar-refractivity contribution >= 4 is 78.9 Å². The molecule has 1 atom stereocenters. The molecular formula is C64H69ClN10O9S. The molecule has 1 aliphatic carbocycles. The molecule has 0 bridgehead atoms. The number of carbonyl (C=O) groups is 4. The van der Waals surface area contributed by atoms with Crippen LogP contribution >= 0.6 is 11.6 Å². The van der Waals surface area contributed by atoms with Crippen molar-refractivity contribution in [2.45, 2.75) is 95.5 Å². The van der Waals surface area contributed by atoms with E-state index >= 15 is 0 Å². The Balaban J connectivity index is 0.674. The number of nitro groups is 1. The lowest BCUT2D eigenvalue weighted by molar-refractivity contribution is -0.384. The zero-order chi connectivity index (χ0) is 59.4. The molecule has 85 heavy (non-hydrogen) atoms. The molecule has 4 aromatic carbocycles. The van der Waals surface area contributed by atoms with Crippen LogP contribution in [0.1, 0.15) is 115 Å². The zero-order valence-electron chi connectivity index (χ0n) is 47.8. The highest BCUT2D eigenvalue weighted by Crippen LogP contribution is 2.44. The van der Waals surface area contributed by atoms with Gasteiger partial charge < -0.3 is 29.7 Å². The molecule has 5 aliphatic rings. The Morgan fingerprint density at radius 2 is 1.71 bits per heavy atom. The summed E-state index contributed by atoms with van der Waals surface area (Å²) in [5.41, 5.74) is 7.54. The van der Waals surface area contributed by atoms with Crippen LogP contribution < -0.4 is 25.0 Å². The third-order valence-electron chi connectivity index (χ3n) is 17.1. The van der Waals surface area contributed by atoms with Gasteiger partial charge >= 0.3 is 0 Å². The number of rotatable bonds is 18. The number of benzene rings is 4. The third kappa shape index (κ3) is 13.9. The predicted molar refractivity (Wildman–Crippen MR) is 326 cm³/mol. The molecule has 2 aromatic heterocycles. The number of nitrogens with zero attached hydrogens (tertiary/aromatic N) is 6. The number of carbonyl (C=O) groups excluding carboxylic acids is 4. The van der Waals surface area contributed by atoms with Crippen LogP contribution in [0.25, 0.3) is 16.6 Å². The summed E-state index contributed by atoms with van der Waals surface area (Å²) in [6.07, 6.45) is 11.3. The second kappa shape index (κ2) is 25.2. The number of hydrogen-bond acceptors (Lipinski definition) is 14. The quantitative estimate of drug-likeness (QED) is 0.0206. The normalized spacial score (nSPS) is 18.7. The number of aromatic nitrogens is 2. The lowest BCUT2D eigenvalue weighted by atomic mass is 9.72. The minimum absolute atomic E-state index is 0.0538. The van der Waals surface area contributed by atoms with E-state index in [1.54, 1.807) is 36.5 Å². The van der Waals surface area contributed by atoms with Gasteiger partial charge in [-0.25, -0.2) is 18.1 Å². The van der Waals surface area contributed by atoms with Gasteiger partial charge in [-0.05, 0) is 160 Å². The van der Waals surface area contributed by atoms with Crippen molar-refractivity contribution in [2.24, 2.45) is 11.3 Å². The Bertz CT molecular complexity index is 3780. The second-order valence-electron chi connectivity index (χ2n) is 23.6. The molecule has 11 rings (SSSR count). The molecule has 4 N–H and O–H groups in total. The Morgan fingerprint density at radius 1 is 0.906 bits per heavy atom. The van der Waals surface area contributed by atoms with Gasteiger partial charge in [0.15, 0.2) is 0 Å². The lowest BCUT2D eigenvalue weighted by Gasteiger charge is -2.39. The van der Waals surface area contributed by atoms with Crippen molar-refractivity contribution in [3.63, 3.8) is 0 Å².